The van der Waals surface area contributed by atoms with Crippen LogP contribution in [0.25, 0.3) is 0 Å². The van der Waals surface area contributed by atoms with Crippen LogP contribution in [-0.4, -0.2) is 19.5 Å². The average Bonchev–Trinajstić information content (AvgIpc) is 2.51. The molecule has 0 aliphatic carbocycles. The number of fused-ring (bicyclic) bond motifs is 1. The molecule has 0 spiro atoms. The maximum atomic E-state index is 12.9. The van der Waals surface area contributed by atoms with E-state index in [-0.39, 0.29) is 5.78 Å². The van der Waals surface area contributed by atoms with E-state index >= 15 is 0 Å². The standard InChI is InChI=1S/C17H16O3/c1-17(12-7-4-3-5-8-12)11-20-15-13(16(17)18)9-6-10-14(15)19-2/h3-10H,11H2,1-2H3/t17-/m1/s1. The van der Waals surface area contributed by atoms with E-state index in [0.717, 1.165) is 5.56 Å². The number of hydrogen-bond donors (Lipinski definition) is 0. The van der Waals surface area contributed by atoms with Gasteiger partial charge in [-0.1, -0.05) is 36.4 Å². The number of carbonyl (C=O) groups is 1. The Balaban J connectivity index is 2.10. The van der Waals surface area contributed by atoms with Crippen LogP contribution >= 0.6 is 0 Å². The Kier molecular flexibility index (Phi) is 2.97. The van der Waals surface area contributed by atoms with Gasteiger partial charge in [0.1, 0.15) is 6.61 Å². The van der Waals surface area contributed by atoms with Gasteiger partial charge in [0.2, 0.25) is 0 Å². The Bertz CT molecular complexity index is 649. The van der Waals surface area contributed by atoms with E-state index < -0.39 is 5.41 Å². The second-order valence-corrected chi connectivity index (χ2v) is 5.15. The van der Waals surface area contributed by atoms with Gasteiger partial charge in [-0.3, -0.25) is 4.79 Å². The number of hydrogen-bond acceptors (Lipinski definition) is 3. The molecule has 102 valence electrons. The fourth-order valence-electron chi connectivity index (χ4n) is 2.60. The van der Waals surface area contributed by atoms with Gasteiger partial charge in [0.25, 0.3) is 0 Å². The number of carbonyl (C=O) groups excluding carboxylic acids is 1. The molecule has 1 heterocycles. The number of para-hydroxylation sites is 1. The molecular formula is C17H16O3. The second kappa shape index (κ2) is 4.67. The van der Waals surface area contributed by atoms with E-state index in [1.165, 1.54) is 0 Å². The van der Waals surface area contributed by atoms with Crippen molar-refractivity contribution in [1.29, 1.82) is 0 Å². The van der Waals surface area contributed by atoms with Crippen molar-refractivity contribution in [2.24, 2.45) is 0 Å². The Morgan fingerprint density at radius 3 is 2.55 bits per heavy atom. The maximum absolute atomic E-state index is 12.9. The van der Waals surface area contributed by atoms with Crippen molar-refractivity contribution in [3.63, 3.8) is 0 Å². The number of methoxy groups -OCH3 is 1. The Hall–Kier alpha value is -2.29. The molecule has 0 saturated carbocycles. The topological polar surface area (TPSA) is 35.5 Å². The number of ether oxygens (including phenoxy) is 2. The lowest BCUT2D eigenvalue weighted by Crippen LogP contribution is -2.42. The molecule has 1 aliphatic rings. The smallest absolute Gasteiger partial charge is 0.180 e. The third-order valence-corrected chi connectivity index (χ3v) is 3.86. The number of ketones is 1. The molecule has 1 aliphatic heterocycles. The minimum absolute atomic E-state index is 0.0730. The van der Waals surface area contributed by atoms with Gasteiger partial charge in [0.05, 0.1) is 18.1 Å². The largest absolute Gasteiger partial charge is 0.493 e. The molecule has 0 bridgehead atoms. The van der Waals surface area contributed by atoms with E-state index in [4.69, 9.17) is 9.47 Å². The third kappa shape index (κ3) is 1.78. The van der Waals surface area contributed by atoms with E-state index in [0.29, 0.717) is 23.7 Å². The molecule has 2 aromatic rings. The second-order valence-electron chi connectivity index (χ2n) is 5.15. The molecule has 3 nitrogen and oxygen atoms in total. The summed E-state index contributed by atoms with van der Waals surface area (Å²) in [6, 6.07) is 15.2. The summed E-state index contributed by atoms with van der Waals surface area (Å²) in [4.78, 5) is 12.9. The summed E-state index contributed by atoms with van der Waals surface area (Å²) in [6.07, 6.45) is 0. The summed E-state index contributed by atoms with van der Waals surface area (Å²) < 4.78 is 11.1. The molecule has 3 heteroatoms. The summed E-state index contributed by atoms with van der Waals surface area (Å²) in [5.74, 6) is 1.23. The van der Waals surface area contributed by atoms with Crippen LogP contribution in [0.15, 0.2) is 48.5 Å². The molecule has 0 N–H and O–H groups in total. The van der Waals surface area contributed by atoms with Crippen molar-refractivity contribution < 1.29 is 14.3 Å². The quantitative estimate of drug-likeness (QED) is 0.839. The highest BCUT2D eigenvalue weighted by Crippen LogP contribution is 2.41. The van der Waals surface area contributed by atoms with Crippen LogP contribution in [0.3, 0.4) is 0 Å². The van der Waals surface area contributed by atoms with Crippen LogP contribution in [0, 0.1) is 0 Å². The van der Waals surface area contributed by atoms with Gasteiger partial charge in [-0.05, 0) is 24.6 Å². The molecule has 3 rings (SSSR count). The zero-order valence-electron chi connectivity index (χ0n) is 11.6. The van der Waals surface area contributed by atoms with E-state index in [2.05, 4.69) is 0 Å². The van der Waals surface area contributed by atoms with E-state index in [1.807, 2.05) is 43.3 Å². The lowest BCUT2D eigenvalue weighted by Gasteiger charge is -2.34. The fraction of sp³-hybridized carbons (Fsp3) is 0.235. The lowest BCUT2D eigenvalue weighted by atomic mass is 9.75. The summed E-state index contributed by atoms with van der Waals surface area (Å²) in [6.45, 7) is 2.25. The van der Waals surface area contributed by atoms with Gasteiger partial charge in [-0.15, -0.1) is 0 Å². The highest BCUT2D eigenvalue weighted by Gasteiger charge is 2.42. The number of benzene rings is 2. The predicted molar refractivity (Wildman–Crippen MR) is 76.6 cm³/mol. The molecule has 2 aromatic carbocycles. The fourth-order valence-corrected chi connectivity index (χ4v) is 2.60. The van der Waals surface area contributed by atoms with Crippen LogP contribution in [-0.2, 0) is 5.41 Å². The van der Waals surface area contributed by atoms with Crippen molar-refractivity contribution in [1.82, 2.24) is 0 Å². The van der Waals surface area contributed by atoms with Crippen molar-refractivity contribution in [2.75, 3.05) is 13.7 Å². The molecule has 0 fully saturated rings. The van der Waals surface area contributed by atoms with Gasteiger partial charge in [-0.25, -0.2) is 0 Å². The predicted octanol–water partition coefficient (Wildman–Crippen LogP) is 3.23. The molecule has 0 radical (unpaired) electrons. The van der Waals surface area contributed by atoms with Crippen LogP contribution in [0.1, 0.15) is 22.8 Å². The molecule has 0 aromatic heterocycles. The molecule has 0 saturated heterocycles. The average molecular weight is 268 g/mol. The molecule has 0 amide bonds. The SMILES string of the molecule is COc1cccc2c1OC[C@](C)(c1ccccc1)C2=O. The summed E-state index contributed by atoms with van der Waals surface area (Å²) in [7, 11) is 1.58. The Morgan fingerprint density at radius 1 is 1.10 bits per heavy atom. The first-order chi connectivity index (χ1) is 9.66. The van der Waals surface area contributed by atoms with Crippen molar-refractivity contribution >= 4 is 5.78 Å². The molecule has 1 atom stereocenters. The van der Waals surface area contributed by atoms with Gasteiger partial charge in [-0.2, -0.15) is 0 Å². The van der Waals surface area contributed by atoms with Crippen molar-refractivity contribution in [2.45, 2.75) is 12.3 Å². The molecule has 20 heavy (non-hydrogen) atoms. The number of rotatable bonds is 2. The first kappa shape index (κ1) is 12.7. The van der Waals surface area contributed by atoms with E-state index in [1.54, 1.807) is 19.2 Å². The van der Waals surface area contributed by atoms with Crippen LogP contribution in [0.2, 0.25) is 0 Å². The highest BCUT2D eigenvalue weighted by molar-refractivity contribution is 6.07. The monoisotopic (exact) mass is 268 g/mol. The molecular weight excluding hydrogens is 252 g/mol. The first-order valence-electron chi connectivity index (χ1n) is 6.57. The van der Waals surface area contributed by atoms with Gasteiger partial charge >= 0.3 is 0 Å². The van der Waals surface area contributed by atoms with Crippen LogP contribution in [0.4, 0.5) is 0 Å². The summed E-state index contributed by atoms with van der Waals surface area (Å²) in [5.41, 5.74) is 0.904. The lowest BCUT2D eigenvalue weighted by molar-refractivity contribution is 0.0786. The van der Waals surface area contributed by atoms with Gasteiger partial charge in [0, 0.05) is 0 Å². The van der Waals surface area contributed by atoms with Crippen molar-refractivity contribution in [3.05, 3.63) is 59.7 Å². The Morgan fingerprint density at radius 2 is 1.85 bits per heavy atom. The number of Topliss-reactive ketones (excluding diaryl/α,β-unsaturated/α-hetero) is 1. The molecule has 0 unspecified atom stereocenters. The Labute approximate surface area is 118 Å². The summed E-state index contributed by atoms with van der Waals surface area (Å²) in [5, 5.41) is 0. The first-order valence-corrected chi connectivity index (χ1v) is 6.57. The summed E-state index contributed by atoms with van der Waals surface area (Å²) >= 11 is 0. The minimum Gasteiger partial charge on any atom is -0.493 e. The van der Waals surface area contributed by atoms with Gasteiger partial charge in [0.15, 0.2) is 17.3 Å². The maximum Gasteiger partial charge on any atom is 0.180 e. The van der Waals surface area contributed by atoms with Crippen molar-refractivity contribution in [3.8, 4) is 11.5 Å². The zero-order valence-corrected chi connectivity index (χ0v) is 11.6. The van der Waals surface area contributed by atoms with Crippen LogP contribution < -0.4 is 9.47 Å². The van der Waals surface area contributed by atoms with E-state index in [9.17, 15) is 4.79 Å². The van der Waals surface area contributed by atoms with Gasteiger partial charge < -0.3 is 9.47 Å². The van der Waals surface area contributed by atoms with Crippen LogP contribution in [0.5, 0.6) is 11.5 Å². The third-order valence-electron chi connectivity index (χ3n) is 3.86. The minimum atomic E-state index is -0.652. The normalized spacial score (nSPS) is 21.0. The highest BCUT2D eigenvalue weighted by atomic mass is 16.5. The zero-order chi connectivity index (χ0) is 14.2.